The SMILES string of the molecule is Cc1cc(F)c(-c2c(Cl)nc3ncnn3c2NC(C)C(F)(F)F)cc1F. The van der Waals surface area contributed by atoms with Crippen molar-refractivity contribution in [2.45, 2.75) is 26.1 Å². The summed E-state index contributed by atoms with van der Waals surface area (Å²) in [7, 11) is 0. The molecule has 0 saturated heterocycles. The van der Waals surface area contributed by atoms with E-state index in [4.69, 9.17) is 11.6 Å². The van der Waals surface area contributed by atoms with Crippen molar-refractivity contribution >= 4 is 23.2 Å². The van der Waals surface area contributed by atoms with Crippen molar-refractivity contribution in [3.05, 3.63) is 40.8 Å². The summed E-state index contributed by atoms with van der Waals surface area (Å²) in [6.07, 6.45) is -3.55. The number of nitrogens with one attached hydrogen (secondary N) is 1. The molecule has 2 heterocycles. The number of rotatable bonds is 3. The maximum absolute atomic E-state index is 14.4. The van der Waals surface area contributed by atoms with Crippen LogP contribution in [0.25, 0.3) is 16.9 Å². The molecule has 26 heavy (non-hydrogen) atoms. The van der Waals surface area contributed by atoms with E-state index in [9.17, 15) is 22.0 Å². The standard InChI is InChI=1S/C15H11ClF5N5/c1-6-3-10(18)8(4-9(6)17)11-12(16)25-14-22-5-23-26(14)13(11)24-7(2)15(19,20)21/h3-5,7,24H,1-2H3. The smallest absolute Gasteiger partial charge is 0.358 e. The zero-order valence-corrected chi connectivity index (χ0v) is 14.1. The summed E-state index contributed by atoms with van der Waals surface area (Å²) < 4.78 is 68.3. The normalized spacial score (nSPS) is 13.2. The molecule has 1 aromatic carbocycles. The first-order valence-corrected chi connectivity index (χ1v) is 7.66. The number of nitrogens with zero attached hydrogens (tertiary/aromatic N) is 4. The van der Waals surface area contributed by atoms with Gasteiger partial charge in [0.05, 0.1) is 5.56 Å². The summed E-state index contributed by atoms with van der Waals surface area (Å²) in [4.78, 5) is 7.65. The van der Waals surface area contributed by atoms with Gasteiger partial charge in [0.1, 0.15) is 35.0 Å². The molecule has 2 aromatic heterocycles. The quantitative estimate of drug-likeness (QED) is 0.531. The molecule has 0 radical (unpaired) electrons. The molecule has 0 bridgehead atoms. The number of hydrogen-bond acceptors (Lipinski definition) is 4. The molecule has 1 N–H and O–H groups in total. The van der Waals surface area contributed by atoms with Gasteiger partial charge in [-0.2, -0.15) is 32.8 Å². The van der Waals surface area contributed by atoms with E-state index in [1.807, 2.05) is 0 Å². The number of aromatic nitrogens is 4. The lowest BCUT2D eigenvalue weighted by Gasteiger charge is -2.21. The molecule has 0 aliphatic rings. The van der Waals surface area contributed by atoms with Gasteiger partial charge in [0.15, 0.2) is 0 Å². The summed E-state index contributed by atoms with van der Waals surface area (Å²) in [5, 5.41) is 5.65. The first-order valence-electron chi connectivity index (χ1n) is 7.28. The number of hydrogen-bond donors (Lipinski definition) is 1. The van der Waals surface area contributed by atoms with Gasteiger partial charge in [0.25, 0.3) is 5.78 Å². The Morgan fingerprint density at radius 3 is 2.54 bits per heavy atom. The summed E-state index contributed by atoms with van der Waals surface area (Å²) in [5.41, 5.74) is -0.563. The predicted octanol–water partition coefficient (Wildman–Crippen LogP) is 4.39. The Labute approximate surface area is 148 Å². The molecule has 3 aromatic rings. The molecule has 11 heteroatoms. The highest BCUT2D eigenvalue weighted by molar-refractivity contribution is 6.33. The number of alkyl halides is 3. The number of halogens is 6. The molecule has 0 aliphatic heterocycles. The Bertz CT molecular complexity index is 985. The molecule has 0 spiro atoms. The van der Waals surface area contributed by atoms with Crippen LogP contribution < -0.4 is 5.32 Å². The van der Waals surface area contributed by atoms with Crippen LogP contribution in [0.3, 0.4) is 0 Å². The molecule has 1 atom stereocenters. The van der Waals surface area contributed by atoms with Crippen LogP contribution in [0.2, 0.25) is 5.15 Å². The summed E-state index contributed by atoms with van der Waals surface area (Å²) in [5.74, 6) is -2.01. The van der Waals surface area contributed by atoms with Gasteiger partial charge >= 0.3 is 6.18 Å². The molecule has 0 saturated carbocycles. The molecule has 0 aliphatic carbocycles. The lowest BCUT2D eigenvalue weighted by Crippen LogP contribution is -2.34. The van der Waals surface area contributed by atoms with Gasteiger partial charge < -0.3 is 5.32 Å². The number of aryl methyl sites for hydroxylation is 1. The molecule has 0 fully saturated rings. The maximum atomic E-state index is 14.4. The van der Waals surface area contributed by atoms with E-state index >= 15 is 0 Å². The van der Waals surface area contributed by atoms with Crippen LogP contribution in [0, 0.1) is 18.6 Å². The van der Waals surface area contributed by atoms with Gasteiger partial charge in [-0.1, -0.05) is 11.6 Å². The van der Waals surface area contributed by atoms with Crippen LogP contribution in [-0.2, 0) is 0 Å². The number of benzene rings is 1. The van der Waals surface area contributed by atoms with E-state index in [-0.39, 0.29) is 33.4 Å². The third-order valence-corrected chi connectivity index (χ3v) is 4.02. The van der Waals surface area contributed by atoms with Crippen LogP contribution in [0.1, 0.15) is 12.5 Å². The van der Waals surface area contributed by atoms with Crippen LogP contribution >= 0.6 is 11.6 Å². The minimum Gasteiger partial charge on any atom is -0.358 e. The molecular formula is C15H11ClF5N5. The lowest BCUT2D eigenvalue weighted by atomic mass is 10.0. The fraction of sp³-hybridized carbons (Fsp3) is 0.267. The average Bonchev–Trinajstić information content (AvgIpc) is 2.98. The number of fused-ring (bicyclic) bond motifs is 1. The van der Waals surface area contributed by atoms with E-state index < -0.39 is 23.9 Å². The minimum absolute atomic E-state index is 0.0373. The summed E-state index contributed by atoms with van der Waals surface area (Å²) in [6.45, 7) is 2.22. The molecule has 138 valence electrons. The molecule has 3 rings (SSSR count). The van der Waals surface area contributed by atoms with Crippen molar-refractivity contribution in [1.29, 1.82) is 0 Å². The second kappa shape index (κ2) is 6.35. The van der Waals surface area contributed by atoms with Gasteiger partial charge in [0, 0.05) is 5.56 Å². The fourth-order valence-electron chi connectivity index (χ4n) is 2.31. The third-order valence-electron chi connectivity index (χ3n) is 3.74. The second-order valence-corrected chi connectivity index (χ2v) is 5.94. The largest absolute Gasteiger partial charge is 0.408 e. The van der Waals surface area contributed by atoms with Gasteiger partial charge in [-0.05, 0) is 31.5 Å². The topological polar surface area (TPSA) is 55.1 Å². The monoisotopic (exact) mass is 391 g/mol. The molecule has 1 unspecified atom stereocenters. The fourth-order valence-corrected chi connectivity index (χ4v) is 2.58. The van der Waals surface area contributed by atoms with E-state index in [0.717, 1.165) is 29.9 Å². The van der Waals surface area contributed by atoms with E-state index in [0.29, 0.717) is 0 Å². The first-order chi connectivity index (χ1) is 12.1. The van der Waals surface area contributed by atoms with Crippen molar-refractivity contribution in [1.82, 2.24) is 19.6 Å². The third kappa shape index (κ3) is 3.16. The van der Waals surface area contributed by atoms with Crippen LogP contribution in [0.5, 0.6) is 0 Å². The Balaban J connectivity index is 2.30. The molecular weight excluding hydrogens is 381 g/mol. The number of anilines is 1. The predicted molar refractivity (Wildman–Crippen MR) is 85.0 cm³/mol. The Kier molecular flexibility index (Phi) is 4.47. The highest BCUT2D eigenvalue weighted by Crippen LogP contribution is 2.37. The van der Waals surface area contributed by atoms with Crippen LogP contribution in [-0.4, -0.2) is 31.8 Å². The zero-order chi connectivity index (χ0) is 19.2. The average molecular weight is 392 g/mol. The highest BCUT2D eigenvalue weighted by Gasteiger charge is 2.37. The minimum atomic E-state index is -4.60. The Morgan fingerprint density at radius 2 is 1.88 bits per heavy atom. The van der Waals surface area contributed by atoms with Gasteiger partial charge in [-0.15, -0.1) is 0 Å². The van der Waals surface area contributed by atoms with Crippen molar-refractivity contribution < 1.29 is 22.0 Å². The van der Waals surface area contributed by atoms with Crippen LogP contribution in [0.4, 0.5) is 27.8 Å². The maximum Gasteiger partial charge on any atom is 0.408 e. The summed E-state index contributed by atoms with van der Waals surface area (Å²) >= 11 is 6.06. The van der Waals surface area contributed by atoms with E-state index in [2.05, 4.69) is 20.4 Å². The van der Waals surface area contributed by atoms with Gasteiger partial charge in [-0.3, -0.25) is 0 Å². The Hall–Kier alpha value is -2.49. The Morgan fingerprint density at radius 1 is 1.19 bits per heavy atom. The van der Waals surface area contributed by atoms with E-state index in [1.54, 1.807) is 0 Å². The zero-order valence-electron chi connectivity index (χ0n) is 13.4. The molecule has 0 amide bonds. The van der Waals surface area contributed by atoms with Gasteiger partial charge in [0.2, 0.25) is 0 Å². The molecule has 5 nitrogen and oxygen atoms in total. The lowest BCUT2D eigenvalue weighted by molar-refractivity contribution is -0.138. The first kappa shape index (κ1) is 18.3. The van der Waals surface area contributed by atoms with E-state index in [1.165, 1.54) is 6.92 Å². The second-order valence-electron chi connectivity index (χ2n) is 5.59. The summed E-state index contributed by atoms with van der Waals surface area (Å²) in [6, 6.07) is -0.256. The van der Waals surface area contributed by atoms with Crippen molar-refractivity contribution in [3.63, 3.8) is 0 Å². The highest BCUT2D eigenvalue weighted by atomic mass is 35.5. The van der Waals surface area contributed by atoms with Crippen LogP contribution in [0.15, 0.2) is 18.5 Å². The van der Waals surface area contributed by atoms with Gasteiger partial charge in [-0.25, -0.2) is 8.78 Å². The van der Waals surface area contributed by atoms with Crippen molar-refractivity contribution in [2.75, 3.05) is 5.32 Å². The van der Waals surface area contributed by atoms with Crippen molar-refractivity contribution in [2.24, 2.45) is 0 Å². The van der Waals surface area contributed by atoms with Crippen molar-refractivity contribution in [3.8, 4) is 11.1 Å².